The summed E-state index contributed by atoms with van der Waals surface area (Å²) in [5.41, 5.74) is -0.243. The lowest BCUT2D eigenvalue weighted by Crippen LogP contribution is -2.45. The highest BCUT2D eigenvalue weighted by atomic mass is 16.6. The zero-order valence-corrected chi connectivity index (χ0v) is 11.5. The number of esters is 1. The van der Waals surface area contributed by atoms with Gasteiger partial charge in [0.1, 0.15) is 28.8 Å². The molecule has 1 aromatic carbocycles. The minimum atomic E-state index is -1.20. The number of aliphatic hydroxyl groups excluding tert-OH is 1. The second kappa shape index (κ2) is 4.33. The molecule has 21 heavy (non-hydrogen) atoms. The number of carbonyl (C=O) groups excluding carboxylic acids is 2. The normalized spacial score (nSPS) is 27.4. The molecule has 0 amide bonds. The summed E-state index contributed by atoms with van der Waals surface area (Å²) in [6.07, 6.45) is 0.0476. The Morgan fingerprint density at radius 3 is 2.76 bits per heavy atom. The number of aromatic hydroxyl groups is 1. The van der Waals surface area contributed by atoms with Crippen molar-refractivity contribution in [3.63, 3.8) is 0 Å². The largest absolute Gasteiger partial charge is 0.507 e. The Kier molecular flexibility index (Phi) is 2.81. The van der Waals surface area contributed by atoms with Crippen LogP contribution in [0.25, 0.3) is 5.57 Å². The van der Waals surface area contributed by atoms with E-state index in [9.17, 15) is 19.8 Å². The number of ether oxygens (including phenoxy) is 2. The number of carbonyl (C=O) groups is 2. The van der Waals surface area contributed by atoms with Gasteiger partial charge in [0.05, 0.1) is 7.11 Å². The molecule has 0 saturated heterocycles. The van der Waals surface area contributed by atoms with Crippen LogP contribution in [0.3, 0.4) is 0 Å². The van der Waals surface area contributed by atoms with Crippen LogP contribution in [0.4, 0.5) is 0 Å². The molecule has 1 aliphatic heterocycles. The lowest BCUT2D eigenvalue weighted by atomic mass is 9.76. The fraction of sp³-hybridized carbons (Fsp3) is 0.333. The van der Waals surface area contributed by atoms with Crippen molar-refractivity contribution in [2.24, 2.45) is 0 Å². The summed E-state index contributed by atoms with van der Waals surface area (Å²) in [6, 6.07) is 2.88. The Morgan fingerprint density at radius 2 is 2.10 bits per heavy atom. The number of ketones is 1. The first-order valence-electron chi connectivity index (χ1n) is 6.44. The first-order valence-corrected chi connectivity index (χ1v) is 6.44. The average Bonchev–Trinajstić information content (AvgIpc) is 2.40. The van der Waals surface area contributed by atoms with E-state index >= 15 is 0 Å². The highest BCUT2D eigenvalue weighted by Gasteiger charge is 2.47. The van der Waals surface area contributed by atoms with E-state index in [4.69, 9.17) is 9.47 Å². The third-order valence-corrected chi connectivity index (χ3v) is 3.91. The summed E-state index contributed by atoms with van der Waals surface area (Å²) in [5, 5.41) is 19.7. The molecule has 3 rings (SSSR count). The molecule has 2 atom stereocenters. The third-order valence-electron chi connectivity index (χ3n) is 3.91. The molecule has 0 bridgehead atoms. The lowest BCUT2D eigenvalue weighted by molar-refractivity contribution is -0.126. The predicted octanol–water partition coefficient (Wildman–Crippen LogP) is 1.05. The van der Waals surface area contributed by atoms with Gasteiger partial charge in [-0.3, -0.25) is 4.79 Å². The Balaban J connectivity index is 2.29. The van der Waals surface area contributed by atoms with E-state index in [-0.39, 0.29) is 17.7 Å². The van der Waals surface area contributed by atoms with Crippen molar-refractivity contribution in [1.29, 1.82) is 0 Å². The summed E-state index contributed by atoms with van der Waals surface area (Å²) in [5.74, 6) is -1.04. The molecule has 2 N–H and O–H groups in total. The highest BCUT2D eigenvalue weighted by molar-refractivity contribution is 6.09. The van der Waals surface area contributed by atoms with Gasteiger partial charge in [-0.15, -0.1) is 0 Å². The average molecular weight is 290 g/mol. The monoisotopic (exact) mass is 290 g/mol. The van der Waals surface area contributed by atoms with Gasteiger partial charge in [-0.1, -0.05) is 0 Å². The number of fused-ring (bicyclic) bond motifs is 3. The maximum absolute atomic E-state index is 12.1. The molecule has 6 nitrogen and oxygen atoms in total. The maximum Gasteiger partial charge on any atom is 0.343 e. The van der Waals surface area contributed by atoms with Crippen molar-refractivity contribution in [2.45, 2.75) is 25.0 Å². The molecule has 1 aliphatic carbocycles. The summed E-state index contributed by atoms with van der Waals surface area (Å²) in [6.45, 7) is 1.63. The van der Waals surface area contributed by atoms with Crippen LogP contribution in [0.2, 0.25) is 0 Å². The van der Waals surface area contributed by atoms with Gasteiger partial charge in [0.15, 0.2) is 5.78 Å². The van der Waals surface area contributed by atoms with Crippen LogP contribution in [0.1, 0.15) is 29.3 Å². The van der Waals surface area contributed by atoms with E-state index in [1.165, 1.54) is 19.3 Å². The fourth-order valence-corrected chi connectivity index (χ4v) is 2.83. The van der Waals surface area contributed by atoms with Crippen LogP contribution in [0.5, 0.6) is 11.5 Å². The quantitative estimate of drug-likeness (QED) is 0.751. The SMILES string of the molecule is COc1cc(O)c2c(c1)C1=CC(=O)[C@@H](O)C[C@]1(C)OC2=O. The van der Waals surface area contributed by atoms with Gasteiger partial charge in [0.2, 0.25) is 0 Å². The highest BCUT2D eigenvalue weighted by Crippen LogP contribution is 2.46. The number of hydrogen-bond donors (Lipinski definition) is 2. The minimum Gasteiger partial charge on any atom is -0.507 e. The molecule has 0 saturated carbocycles. The van der Waals surface area contributed by atoms with Crippen molar-refractivity contribution in [3.05, 3.63) is 29.3 Å². The van der Waals surface area contributed by atoms with Crippen LogP contribution in [-0.2, 0) is 9.53 Å². The molecule has 6 heteroatoms. The molecule has 2 aliphatic rings. The maximum atomic E-state index is 12.1. The van der Waals surface area contributed by atoms with Gasteiger partial charge in [-0.25, -0.2) is 4.79 Å². The van der Waals surface area contributed by atoms with Gasteiger partial charge < -0.3 is 19.7 Å². The summed E-state index contributed by atoms with van der Waals surface area (Å²) < 4.78 is 10.4. The van der Waals surface area contributed by atoms with Crippen LogP contribution < -0.4 is 4.74 Å². The smallest absolute Gasteiger partial charge is 0.343 e. The molecule has 0 fully saturated rings. The van der Waals surface area contributed by atoms with Crippen molar-refractivity contribution < 1.29 is 29.3 Å². The number of rotatable bonds is 1. The number of hydrogen-bond acceptors (Lipinski definition) is 6. The topological polar surface area (TPSA) is 93.1 Å². The van der Waals surface area contributed by atoms with E-state index in [0.29, 0.717) is 16.9 Å². The summed E-state index contributed by atoms with van der Waals surface area (Å²) in [4.78, 5) is 23.9. The molecule has 0 spiro atoms. The molecule has 1 heterocycles. The number of methoxy groups -OCH3 is 1. The van der Waals surface area contributed by atoms with E-state index in [1.54, 1.807) is 13.0 Å². The van der Waals surface area contributed by atoms with Gasteiger partial charge in [-0.05, 0) is 19.1 Å². The van der Waals surface area contributed by atoms with Gasteiger partial charge in [-0.2, -0.15) is 0 Å². The molecule has 0 radical (unpaired) electrons. The summed E-state index contributed by atoms with van der Waals surface area (Å²) >= 11 is 0. The molecular weight excluding hydrogens is 276 g/mol. The van der Waals surface area contributed by atoms with E-state index in [1.807, 2.05) is 0 Å². The van der Waals surface area contributed by atoms with Crippen LogP contribution in [0, 0.1) is 0 Å². The standard InChI is InChI=1S/C15H14O6/c1-15-6-12(18)10(16)5-9(15)8-3-7(20-2)4-11(17)13(8)14(19)21-15/h3-5,12,17-18H,6H2,1-2H3/t12-,15-/m0/s1. The predicted molar refractivity (Wildman–Crippen MR) is 72.1 cm³/mol. The van der Waals surface area contributed by atoms with E-state index in [2.05, 4.69) is 0 Å². The second-order valence-corrected chi connectivity index (χ2v) is 5.37. The lowest BCUT2D eigenvalue weighted by Gasteiger charge is -2.40. The Morgan fingerprint density at radius 1 is 1.38 bits per heavy atom. The zero-order chi connectivity index (χ0) is 15.4. The molecule has 0 unspecified atom stereocenters. The van der Waals surface area contributed by atoms with Crippen molar-refractivity contribution in [3.8, 4) is 11.5 Å². The Hall–Kier alpha value is -2.34. The van der Waals surface area contributed by atoms with Crippen LogP contribution >= 0.6 is 0 Å². The summed E-state index contributed by atoms with van der Waals surface area (Å²) in [7, 11) is 1.44. The number of benzene rings is 1. The second-order valence-electron chi connectivity index (χ2n) is 5.37. The minimum absolute atomic E-state index is 0.00344. The number of phenols is 1. The van der Waals surface area contributed by atoms with Crippen LogP contribution in [0.15, 0.2) is 18.2 Å². The van der Waals surface area contributed by atoms with Crippen molar-refractivity contribution in [2.75, 3.05) is 7.11 Å². The fourth-order valence-electron chi connectivity index (χ4n) is 2.83. The molecule has 110 valence electrons. The van der Waals surface area contributed by atoms with Crippen molar-refractivity contribution >= 4 is 17.3 Å². The molecule has 0 aromatic heterocycles. The van der Waals surface area contributed by atoms with Crippen molar-refractivity contribution in [1.82, 2.24) is 0 Å². The van der Waals surface area contributed by atoms with Gasteiger partial charge in [0.25, 0.3) is 0 Å². The van der Waals surface area contributed by atoms with E-state index < -0.39 is 23.5 Å². The molecule has 1 aromatic rings. The van der Waals surface area contributed by atoms with Gasteiger partial charge in [0, 0.05) is 23.6 Å². The van der Waals surface area contributed by atoms with Crippen LogP contribution in [-0.4, -0.2) is 40.8 Å². The number of aliphatic hydroxyl groups is 1. The first-order chi connectivity index (χ1) is 9.85. The molecular formula is C15H14O6. The Labute approximate surface area is 120 Å². The number of phenolic OH excluding ortho intramolecular Hbond substituents is 1. The first kappa shape index (κ1) is 13.6. The van der Waals surface area contributed by atoms with E-state index in [0.717, 1.165) is 0 Å². The van der Waals surface area contributed by atoms with Gasteiger partial charge >= 0.3 is 5.97 Å². The third kappa shape index (κ3) is 1.91. The Bertz CT molecular complexity index is 690. The zero-order valence-electron chi connectivity index (χ0n) is 11.5.